The fourth-order valence-electron chi connectivity index (χ4n) is 1.75. The van der Waals surface area contributed by atoms with E-state index < -0.39 is 0 Å². The second kappa shape index (κ2) is 2.30. The number of rotatable bonds is 1. The highest BCUT2D eigenvalue weighted by Gasteiger charge is 2.35. The van der Waals surface area contributed by atoms with Crippen molar-refractivity contribution in [3.8, 4) is 0 Å². The zero-order valence-corrected chi connectivity index (χ0v) is 6.35. The van der Waals surface area contributed by atoms with Gasteiger partial charge >= 0.3 is 0 Å². The van der Waals surface area contributed by atoms with Gasteiger partial charge in [-0.25, -0.2) is 0 Å². The maximum Gasteiger partial charge on any atom is 0.0670 e. The van der Waals surface area contributed by atoms with Gasteiger partial charge in [0.15, 0.2) is 0 Å². The number of hydrogen-bond donors (Lipinski definition) is 1. The summed E-state index contributed by atoms with van der Waals surface area (Å²) >= 11 is 0. The first kappa shape index (κ1) is 7.07. The van der Waals surface area contributed by atoms with E-state index in [9.17, 15) is 5.11 Å². The van der Waals surface area contributed by atoms with Crippen LogP contribution in [0, 0.1) is 5.92 Å². The van der Waals surface area contributed by atoms with Crippen LogP contribution in [0.5, 0.6) is 0 Å². The molecule has 1 heteroatoms. The van der Waals surface area contributed by atoms with Gasteiger partial charge in [0.05, 0.1) is 5.60 Å². The summed E-state index contributed by atoms with van der Waals surface area (Å²) in [6.45, 7) is 4.22. The Morgan fingerprint density at radius 2 is 2.33 bits per heavy atom. The summed E-state index contributed by atoms with van der Waals surface area (Å²) in [5.41, 5.74) is -0.306. The van der Waals surface area contributed by atoms with Crippen molar-refractivity contribution in [2.75, 3.05) is 0 Å². The topological polar surface area (TPSA) is 20.2 Å². The summed E-state index contributed by atoms with van der Waals surface area (Å²) in [6, 6.07) is 0. The van der Waals surface area contributed by atoms with Gasteiger partial charge in [-0.2, -0.15) is 0 Å². The van der Waals surface area contributed by atoms with Crippen molar-refractivity contribution in [2.24, 2.45) is 5.92 Å². The zero-order chi connectivity index (χ0) is 6.91. The molecule has 0 aromatic rings. The zero-order valence-electron chi connectivity index (χ0n) is 6.35. The Balaban J connectivity index is 2.56. The maximum atomic E-state index is 9.77. The first-order chi connectivity index (χ1) is 4.19. The summed E-state index contributed by atoms with van der Waals surface area (Å²) < 4.78 is 0. The lowest BCUT2D eigenvalue weighted by molar-refractivity contribution is 0.00561. The standard InChI is InChI=1S/C8H16O/c1-3-8(9)6-4-5-7(8)2/h7,9H,3-6H2,1-2H3/t7-,8-/m0/s1. The summed E-state index contributed by atoms with van der Waals surface area (Å²) in [6.07, 6.45) is 4.37. The van der Waals surface area contributed by atoms with Crippen molar-refractivity contribution in [2.45, 2.75) is 45.1 Å². The first-order valence-corrected chi connectivity index (χ1v) is 3.91. The molecule has 2 atom stereocenters. The van der Waals surface area contributed by atoms with Crippen LogP contribution in [0.25, 0.3) is 0 Å². The molecule has 1 aliphatic carbocycles. The van der Waals surface area contributed by atoms with Crippen molar-refractivity contribution >= 4 is 0 Å². The third kappa shape index (κ3) is 1.11. The molecule has 1 N–H and O–H groups in total. The molecule has 0 aliphatic heterocycles. The molecule has 1 saturated carbocycles. The van der Waals surface area contributed by atoms with Gasteiger partial charge in [0.25, 0.3) is 0 Å². The normalized spacial score (nSPS) is 43.7. The second-order valence-corrected chi connectivity index (χ2v) is 3.25. The molecule has 0 radical (unpaired) electrons. The van der Waals surface area contributed by atoms with Crippen LogP contribution < -0.4 is 0 Å². The largest absolute Gasteiger partial charge is 0.390 e. The van der Waals surface area contributed by atoms with Crippen LogP contribution in [0.3, 0.4) is 0 Å². The average molecular weight is 128 g/mol. The van der Waals surface area contributed by atoms with E-state index in [0.717, 1.165) is 12.8 Å². The quantitative estimate of drug-likeness (QED) is 0.572. The Bertz CT molecular complexity index is 101. The van der Waals surface area contributed by atoms with Crippen LogP contribution in [-0.4, -0.2) is 10.7 Å². The molecule has 1 aliphatic rings. The number of hydrogen-bond acceptors (Lipinski definition) is 1. The molecule has 54 valence electrons. The van der Waals surface area contributed by atoms with E-state index >= 15 is 0 Å². The molecule has 0 aromatic carbocycles. The number of aliphatic hydroxyl groups is 1. The summed E-state index contributed by atoms with van der Waals surface area (Å²) in [5, 5.41) is 9.77. The third-order valence-corrected chi connectivity index (χ3v) is 2.78. The summed E-state index contributed by atoms with van der Waals surface area (Å²) in [7, 11) is 0. The van der Waals surface area contributed by atoms with E-state index in [1.54, 1.807) is 0 Å². The van der Waals surface area contributed by atoms with Gasteiger partial charge in [-0.15, -0.1) is 0 Å². The van der Waals surface area contributed by atoms with E-state index in [-0.39, 0.29) is 5.60 Å². The van der Waals surface area contributed by atoms with Gasteiger partial charge in [-0.3, -0.25) is 0 Å². The van der Waals surface area contributed by atoms with Gasteiger partial charge in [0.2, 0.25) is 0 Å². The minimum Gasteiger partial charge on any atom is -0.390 e. The average Bonchev–Trinajstić information content (AvgIpc) is 2.15. The van der Waals surface area contributed by atoms with E-state index in [1.807, 2.05) is 0 Å². The van der Waals surface area contributed by atoms with E-state index in [0.29, 0.717) is 5.92 Å². The van der Waals surface area contributed by atoms with Gasteiger partial charge in [0.1, 0.15) is 0 Å². The Morgan fingerprint density at radius 3 is 2.56 bits per heavy atom. The highest BCUT2D eigenvalue weighted by Crippen LogP contribution is 2.37. The van der Waals surface area contributed by atoms with Gasteiger partial charge in [0, 0.05) is 0 Å². The molecule has 0 unspecified atom stereocenters. The molecule has 0 amide bonds. The molecule has 0 saturated heterocycles. The van der Waals surface area contributed by atoms with Crippen LogP contribution in [0.1, 0.15) is 39.5 Å². The molecule has 1 nitrogen and oxygen atoms in total. The molecule has 0 bridgehead atoms. The summed E-state index contributed by atoms with van der Waals surface area (Å²) in [4.78, 5) is 0. The van der Waals surface area contributed by atoms with Crippen LogP contribution in [0.4, 0.5) is 0 Å². The van der Waals surface area contributed by atoms with Crippen LogP contribution >= 0.6 is 0 Å². The van der Waals surface area contributed by atoms with Crippen LogP contribution in [-0.2, 0) is 0 Å². The van der Waals surface area contributed by atoms with E-state index in [4.69, 9.17) is 0 Å². The fraction of sp³-hybridized carbons (Fsp3) is 1.00. The maximum absolute atomic E-state index is 9.77. The van der Waals surface area contributed by atoms with Crippen molar-refractivity contribution in [1.82, 2.24) is 0 Å². The van der Waals surface area contributed by atoms with Gasteiger partial charge in [-0.05, 0) is 25.2 Å². The van der Waals surface area contributed by atoms with Crippen LogP contribution in [0.2, 0.25) is 0 Å². The van der Waals surface area contributed by atoms with Gasteiger partial charge < -0.3 is 5.11 Å². The molecule has 0 spiro atoms. The predicted molar refractivity (Wildman–Crippen MR) is 38.3 cm³/mol. The van der Waals surface area contributed by atoms with E-state index in [2.05, 4.69) is 13.8 Å². The first-order valence-electron chi connectivity index (χ1n) is 3.91. The molecule has 0 heterocycles. The molecule has 1 rings (SSSR count). The molecule has 0 aromatic heterocycles. The lowest BCUT2D eigenvalue weighted by atomic mass is 9.90. The fourth-order valence-corrected chi connectivity index (χ4v) is 1.75. The lowest BCUT2D eigenvalue weighted by Crippen LogP contribution is -2.29. The van der Waals surface area contributed by atoms with Crippen LogP contribution in [0.15, 0.2) is 0 Å². The second-order valence-electron chi connectivity index (χ2n) is 3.25. The van der Waals surface area contributed by atoms with Crippen molar-refractivity contribution in [3.63, 3.8) is 0 Å². The highest BCUT2D eigenvalue weighted by atomic mass is 16.3. The molecule has 1 fully saturated rings. The Kier molecular flexibility index (Phi) is 1.80. The van der Waals surface area contributed by atoms with E-state index in [1.165, 1.54) is 12.8 Å². The van der Waals surface area contributed by atoms with Crippen molar-refractivity contribution in [3.05, 3.63) is 0 Å². The Morgan fingerprint density at radius 1 is 1.67 bits per heavy atom. The van der Waals surface area contributed by atoms with Crippen molar-refractivity contribution in [1.29, 1.82) is 0 Å². The minimum absolute atomic E-state index is 0.306. The Labute approximate surface area is 57.1 Å². The van der Waals surface area contributed by atoms with Crippen molar-refractivity contribution < 1.29 is 5.11 Å². The minimum atomic E-state index is -0.306. The lowest BCUT2D eigenvalue weighted by Gasteiger charge is -2.25. The monoisotopic (exact) mass is 128 g/mol. The summed E-state index contributed by atoms with van der Waals surface area (Å²) in [5.74, 6) is 0.530. The third-order valence-electron chi connectivity index (χ3n) is 2.78. The SMILES string of the molecule is CC[C@]1(O)CCC[C@@H]1C. The predicted octanol–water partition coefficient (Wildman–Crippen LogP) is 1.95. The molecule has 9 heavy (non-hydrogen) atoms. The molecular weight excluding hydrogens is 112 g/mol. The van der Waals surface area contributed by atoms with Gasteiger partial charge in [-0.1, -0.05) is 20.3 Å². The smallest absolute Gasteiger partial charge is 0.0670 e. The Hall–Kier alpha value is -0.0400. The highest BCUT2D eigenvalue weighted by molar-refractivity contribution is 4.88. The molecular formula is C8H16O.